The topological polar surface area (TPSA) is 203 Å². The summed E-state index contributed by atoms with van der Waals surface area (Å²) in [5, 5.41) is 12.3. The van der Waals surface area contributed by atoms with Gasteiger partial charge in [0.2, 0.25) is 5.91 Å². The molecule has 2 aromatic carbocycles. The standard InChI is InChI=1S/C14H14ClFN4O3S2.C14H10ClFN4O3S2.C2H6O.CH4.B.Na.H/c2*1-20-12(14(21)18-8-2-3-10(16)9(15)6-8)7-11(19-25(20,22)23)13-4-5-17-24-13;1-2-3;;;;/h2-6,11-12,19H,7H2,1H3,(H,18,21);2-7H,1H3,(H,18,21);3H,2H2,1H3;1H4;;;/q;;;;;+1;-1. The SMILES string of the molecule is C.CCO.CN1C(C(=O)Nc2ccc(F)c(Cl)c2)=CC(c2ccns2)=NS1(=O)=O.CN1C(C(=O)Nc2ccc(F)c(Cl)c2)CC(c2ccns2)NS1(=O)=O.[B].[H-].[Na+]. The summed E-state index contributed by atoms with van der Waals surface area (Å²) in [5.74, 6) is -2.46. The van der Waals surface area contributed by atoms with Gasteiger partial charge in [-0.1, -0.05) is 30.6 Å². The molecule has 2 atom stereocenters. The quantitative estimate of drug-likeness (QED) is 0.209. The van der Waals surface area contributed by atoms with Gasteiger partial charge < -0.3 is 17.2 Å². The maximum absolute atomic E-state index is 13.2. The van der Waals surface area contributed by atoms with E-state index >= 15 is 0 Å². The van der Waals surface area contributed by atoms with Crippen LogP contribution in [0.5, 0.6) is 0 Å². The largest absolute Gasteiger partial charge is 1.00 e. The van der Waals surface area contributed by atoms with E-state index in [1.807, 2.05) is 0 Å². The fourth-order valence-corrected chi connectivity index (χ4v) is 8.37. The number of carbonyl (C=O) groups excluding carboxylic acids is 2. The Hall–Kier alpha value is -2.87. The summed E-state index contributed by atoms with van der Waals surface area (Å²) in [6.07, 6.45) is 4.65. The fourth-order valence-electron chi connectivity index (χ4n) is 4.50. The van der Waals surface area contributed by atoms with Crippen molar-refractivity contribution in [1.82, 2.24) is 22.1 Å². The number of carbonyl (C=O) groups is 2. The monoisotopic (exact) mass is 901 g/mol. The molecule has 2 aliphatic rings. The van der Waals surface area contributed by atoms with Crippen molar-refractivity contribution in [2.75, 3.05) is 31.3 Å². The predicted octanol–water partition coefficient (Wildman–Crippen LogP) is 1.96. The Morgan fingerprint density at radius 1 is 0.964 bits per heavy atom. The van der Waals surface area contributed by atoms with Crippen LogP contribution in [0.15, 0.2) is 77.1 Å². The second-order valence-corrected chi connectivity index (χ2v) is 16.6. The van der Waals surface area contributed by atoms with Crippen LogP contribution in [0.3, 0.4) is 0 Å². The van der Waals surface area contributed by atoms with Crippen LogP contribution in [-0.4, -0.2) is 92.0 Å². The van der Waals surface area contributed by atoms with Gasteiger partial charge in [0.1, 0.15) is 23.4 Å². The molecule has 0 spiro atoms. The third-order valence-electron chi connectivity index (χ3n) is 7.13. The molecule has 2 amide bonds. The van der Waals surface area contributed by atoms with E-state index in [1.165, 1.54) is 62.2 Å². The number of nitrogens with one attached hydrogen (secondary N) is 3. The Morgan fingerprint density at radius 3 is 2.00 bits per heavy atom. The van der Waals surface area contributed by atoms with E-state index in [9.17, 15) is 35.2 Å². The van der Waals surface area contributed by atoms with Crippen LogP contribution in [-0.2, 0) is 30.0 Å². The van der Waals surface area contributed by atoms with Crippen LogP contribution >= 0.6 is 46.3 Å². The number of aromatic nitrogens is 2. The van der Waals surface area contributed by atoms with Crippen LogP contribution < -0.4 is 44.9 Å². The van der Waals surface area contributed by atoms with Crippen LogP contribution in [0.1, 0.15) is 38.0 Å². The average Bonchev–Trinajstić information content (AvgIpc) is 3.83. The molecule has 2 aromatic heterocycles. The van der Waals surface area contributed by atoms with E-state index in [1.54, 1.807) is 25.3 Å². The molecule has 3 radical (unpaired) electrons. The van der Waals surface area contributed by atoms with Crippen molar-refractivity contribution in [1.29, 1.82) is 0 Å². The summed E-state index contributed by atoms with van der Waals surface area (Å²) in [6, 6.07) is 9.22. The number of hydrogen-bond acceptors (Lipinski definition) is 11. The van der Waals surface area contributed by atoms with Crippen molar-refractivity contribution in [2.24, 2.45) is 4.40 Å². The normalized spacial score (nSPS) is 18.0. The van der Waals surface area contributed by atoms with E-state index in [0.29, 0.717) is 4.88 Å². The molecule has 0 bridgehead atoms. The second-order valence-electron chi connectivity index (χ2n) is 10.7. The molecule has 4 N–H and O–H groups in total. The molecule has 4 aromatic rings. The molecular formula is C31H35BCl2F2N8NaO7S4. The number of aliphatic hydroxyl groups is 1. The molecule has 2 unspecified atom stereocenters. The van der Waals surface area contributed by atoms with E-state index in [-0.39, 0.29) is 92.7 Å². The smallest absolute Gasteiger partial charge is 1.00 e. The summed E-state index contributed by atoms with van der Waals surface area (Å²) >= 11 is 13.6. The molecule has 56 heavy (non-hydrogen) atoms. The van der Waals surface area contributed by atoms with Gasteiger partial charge in [-0.2, -0.15) is 25.9 Å². The molecule has 1 saturated heterocycles. The van der Waals surface area contributed by atoms with Gasteiger partial charge in [-0.05, 0) is 91.0 Å². The van der Waals surface area contributed by atoms with Gasteiger partial charge >= 0.3 is 39.8 Å². The van der Waals surface area contributed by atoms with Crippen molar-refractivity contribution >= 4 is 104 Å². The summed E-state index contributed by atoms with van der Waals surface area (Å²) in [6.45, 7) is 1.93. The van der Waals surface area contributed by atoms with Crippen molar-refractivity contribution in [3.63, 3.8) is 0 Å². The van der Waals surface area contributed by atoms with E-state index in [2.05, 4.69) is 28.5 Å². The average molecular weight is 903 g/mol. The third-order valence-corrected chi connectivity index (χ3v) is 12.3. The maximum Gasteiger partial charge on any atom is 1.00 e. The summed E-state index contributed by atoms with van der Waals surface area (Å²) in [4.78, 5) is 26.3. The first kappa shape index (κ1) is 51.2. The number of halogens is 4. The van der Waals surface area contributed by atoms with E-state index in [0.717, 1.165) is 37.2 Å². The predicted molar refractivity (Wildman–Crippen MR) is 213 cm³/mol. The van der Waals surface area contributed by atoms with Gasteiger partial charge in [-0.15, -0.1) is 4.40 Å². The van der Waals surface area contributed by atoms with Crippen molar-refractivity contribution in [3.05, 3.63) is 104 Å². The first-order valence-electron chi connectivity index (χ1n) is 15.0. The molecule has 297 valence electrons. The molecule has 25 heteroatoms. The summed E-state index contributed by atoms with van der Waals surface area (Å²) < 4.78 is 91.2. The number of anilines is 2. The number of hydrogen-bond donors (Lipinski definition) is 4. The maximum atomic E-state index is 13.2. The van der Waals surface area contributed by atoms with Gasteiger partial charge in [-0.25, -0.2) is 21.8 Å². The number of amides is 2. The minimum absolute atomic E-state index is 0. The fraction of sp³-hybridized carbons (Fsp3) is 0.258. The molecule has 0 saturated carbocycles. The Morgan fingerprint density at radius 2 is 1.50 bits per heavy atom. The molecular weight excluding hydrogens is 867 g/mol. The zero-order valence-corrected chi connectivity index (χ0v) is 36.1. The number of benzene rings is 2. The molecule has 15 nitrogen and oxygen atoms in total. The Labute approximate surface area is 367 Å². The second kappa shape index (κ2) is 22.3. The zero-order valence-electron chi connectivity index (χ0n) is 30.3. The summed E-state index contributed by atoms with van der Waals surface area (Å²) in [7, 11) is -5.34. The number of likely N-dealkylation sites (N-methyl/N-ethyl adjacent to an activating group) is 2. The van der Waals surface area contributed by atoms with Gasteiger partial charge in [0.25, 0.3) is 16.1 Å². The van der Waals surface area contributed by atoms with Crippen LogP contribution in [0.2, 0.25) is 10.0 Å². The van der Waals surface area contributed by atoms with Crippen LogP contribution in [0.25, 0.3) is 0 Å². The number of allylic oxidation sites excluding steroid dienone is 1. The molecule has 6 rings (SSSR count). The van der Waals surface area contributed by atoms with Gasteiger partial charge in [0.15, 0.2) is 0 Å². The molecule has 1 fully saturated rings. The number of nitrogens with zero attached hydrogens (tertiary/aromatic N) is 5. The minimum Gasteiger partial charge on any atom is -1.00 e. The van der Waals surface area contributed by atoms with Crippen LogP contribution in [0, 0.1) is 11.6 Å². The van der Waals surface area contributed by atoms with Crippen molar-refractivity contribution < 1.29 is 71.3 Å². The van der Waals surface area contributed by atoms with E-state index in [4.69, 9.17) is 28.3 Å². The van der Waals surface area contributed by atoms with Crippen LogP contribution in [0.4, 0.5) is 20.2 Å². The Kier molecular flexibility index (Phi) is 20.4. The molecule has 4 heterocycles. The van der Waals surface area contributed by atoms with Gasteiger partial charge in [0, 0.05) is 57.8 Å². The third kappa shape index (κ3) is 13.1. The van der Waals surface area contributed by atoms with E-state index < -0.39 is 56.0 Å². The van der Waals surface area contributed by atoms with Crippen molar-refractivity contribution in [2.45, 2.75) is 32.9 Å². The molecule has 0 aliphatic carbocycles. The number of aliphatic hydroxyl groups excluding tert-OH is 1. The first-order valence-corrected chi connectivity index (χ1v) is 20.1. The van der Waals surface area contributed by atoms with Gasteiger partial charge in [0.05, 0.1) is 26.7 Å². The Balaban J connectivity index is 0.000000966. The first-order chi connectivity index (χ1) is 25.0. The Bertz CT molecular complexity index is 2250. The zero-order chi connectivity index (χ0) is 39.1. The molecule has 2 aliphatic heterocycles. The van der Waals surface area contributed by atoms with Crippen molar-refractivity contribution in [3.8, 4) is 0 Å². The van der Waals surface area contributed by atoms with Gasteiger partial charge in [-0.3, -0.25) is 9.59 Å². The summed E-state index contributed by atoms with van der Waals surface area (Å²) in [5.41, 5.74) is 0.488. The minimum atomic E-state index is -4.05. The number of rotatable bonds is 6.